The number of rotatable bonds is 3. The van der Waals surface area contributed by atoms with Crippen LogP contribution < -0.4 is 9.47 Å². The molecule has 0 aromatic heterocycles. The Hall–Kier alpha value is -2.17. The van der Waals surface area contributed by atoms with Crippen LogP contribution in [0.15, 0.2) is 17.1 Å². The number of aliphatic imine (C=N–C) groups is 1. The molecule has 0 amide bonds. The average molecular weight is 261 g/mol. The molecule has 5 nitrogen and oxygen atoms in total. The van der Waals surface area contributed by atoms with E-state index in [1.165, 1.54) is 14.2 Å². The summed E-state index contributed by atoms with van der Waals surface area (Å²) >= 11 is 0. The number of carbonyl (C=O) groups is 2. The van der Waals surface area contributed by atoms with E-state index >= 15 is 0 Å². The largest absolute Gasteiger partial charge is 0.496 e. The summed E-state index contributed by atoms with van der Waals surface area (Å²) in [5.74, 6) is 0.340. The van der Waals surface area contributed by atoms with Crippen molar-refractivity contribution < 1.29 is 19.1 Å². The van der Waals surface area contributed by atoms with Crippen molar-refractivity contribution in [1.82, 2.24) is 0 Å². The molecule has 0 saturated carbocycles. The van der Waals surface area contributed by atoms with Gasteiger partial charge >= 0.3 is 0 Å². The van der Waals surface area contributed by atoms with Gasteiger partial charge in [0.15, 0.2) is 5.78 Å². The van der Waals surface area contributed by atoms with E-state index in [1.807, 2.05) is 6.92 Å². The first-order valence-electron chi connectivity index (χ1n) is 6.00. The Morgan fingerprint density at radius 3 is 2.21 bits per heavy atom. The monoisotopic (exact) mass is 261 g/mol. The van der Waals surface area contributed by atoms with Gasteiger partial charge < -0.3 is 9.47 Å². The van der Waals surface area contributed by atoms with Gasteiger partial charge in [0.05, 0.1) is 37.5 Å². The highest BCUT2D eigenvalue weighted by Gasteiger charge is 2.34. The smallest absolute Gasteiger partial charge is 0.211 e. The van der Waals surface area contributed by atoms with E-state index in [0.717, 1.165) is 0 Å². The van der Waals surface area contributed by atoms with Gasteiger partial charge in [-0.15, -0.1) is 0 Å². The molecule has 19 heavy (non-hydrogen) atoms. The third-order valence-corrected chi connectivity index (χ3v) is 3.01. The summed E-state index contributed by atoms with van der Waals surface area (Å²) in [6.07, 6.45) is 0.0171. The Labute approximate surface area is 111 Å². The Morgan fingerprint density at radius 2 is 1.68 bits per heavy atom. The third-order valence-electron chi connectivity index (χ3n) is 3.01. The van der Waals surface area contributed by atoms with Crippen molar-refractivity contribution in [2.45, 2.75) is 13.3 Å². The van der Waals surface area contributed by atoms with Crippen LogP contribution in [-0.2, 0) is 0 Å². The molecular weight excluding hydrogens is 246 g/mol. The molecule has 5 heteroatoms. The van der Waals surface area contributed by atoms with Crippen LogP contribution >= 0.6 is 0 Å². The summed E-state index contributed by atoms with van der Waals surface area (Å²) in [7, 11) is 2.93. The Bertz CT molecular complexity index is 575. The molecule has 0 heterocycles. The second kappa shape index (κ2) is 5.22. The van der Waals surface area contributed by atoms with Crippen LogP contribution in [0.2, 0.25) is 0 Å². The molecule has 0 atom stereocenters. The number of carbonyl (C=O) groups excluding carboxylic acids is 2. The number of methoxy groups -OCH3 is 2. The van der Waals surface area contributed by atoms with Gasteiger partial charge in [0.25, 0.3) is 0 Å². The summed E-state index contributed by atoms with van der Waals surface area (Å²) in [5.41, 5.74) is 0.832. The standard InChI is InChI=1S/C14H15NO4/c1-4-15-8-7-9(16)12-10(18-2)5-6-11(19-3)13(12)14(8)17/h5-6H,4,7H2,1-3H3. The van der Waals surface area contributed by atoms with Gasteiger partial charge in [0, 0.05) is 6.54 Å². The molecule has 0 fully saturated rings. The average Bonchev–Trinajstić information content (AvgIpc) is 2.43. The molecule has 0 unspecified atom stereocenters. The highest BCUT2D eigenvalue weighted by Crippen LogP contribution is 2.35. The Morgan fingerprint density at radius 1 is 1.11 bits per heavy atom. The number of ketones is 2. The van der Waals surface area contributed by atoms with E-state index in [0.29, 0.717) is 23.6 Å². The molecular formula is C14H15NO4. The Kier molecular flexibility index (Phi) is 3.64. The van der Waals surface area contributed by atoms with Crippen molar-refractivity contribution >= 4 is 17.3 Å². The number of ether oxygens (including phenoxy) is 2. The van der Waals surface area contributed by atoms with Gasteiger partial charge in [-0.1, -0.05) is 0 Å². The van der Waals surface area contributed by atoms with Gasteiger partial charge in [-0.2, -0.15) is 0 Å². The molecule has 0 spiro atoms. The molecule has 0 N–H and O–H groups in total. The number of fused-ring (bicyclic) bond motifs is 1. The van der Waals surface area contributed by atoms with E-state index in [-0.39, 0.29) is 29.3 Å². The van der Waals surface area contributed by atoms with Gasteiger partial charge in [-0.25, -0.2) is 0 Å². The quantitative estimate of drug-likeness (QED) is 0.834. The highest BCUT2D eigenvalue weighted by molar-refractivity contribution is 6.53. The molecule has 100 valence electrons. The van der Waals surface area contributed by atoms with E-state index in [2.05, 4.69) is 4.99 Å². The number of benzene rings is 1. The van der Waals surface area contributed by atoms with E-state index < -0.39 is 0 Å². The molecule has 1 aromatic rings. The lowest BCUT2D eigenvalue weighted by Gasteiger charge is -2.20. The lowest BCUT2D eigenvalue weighted by atomic mass is 9.86. The fraction of sp³-hybridized carbons (Fsp3) is 0.357. The molecule has 0 saturated heterocycles. The van der Waals surface area contributed by atoms with Gasteiger partial charge in [-0.3, -0.25) is 14.6 Å². The second-order valence-corrected chi connectivity index (χ2v) is 4.07. The second-order valence-electron chi connectivity index (χ2n) is 4.07. The summed E-state index contributed by atoms with van der Waals surface area (Å²) < 4.78 is 10.3. The molecule has 0 aliphatic heterocycles. The highest BCUT2D eigenvalue weighted by atomic mass is 16.5. The number of nitrogens with zero attached hydrogens (tertiary/aromatic N) is 1. The Balaban J connectivity index is 2.70. The van der Waals surface area contributed by atoms with Crippen LogP contribution in [0.3, 0.4) is 0 Å². The van der Waals surface area contributed by atoms with Crippen molar-refractivity contribution in [1.29, 1.82) is 0 Å². The van der Waals surface area contributed by atoms with E-state index in [4.69, 9.17) is 9.47 Å². The van der Waals surface area contributed by atoms with Crippen molar-refractivity contribution in [2.24, 2.45) is 4.99 Å². The molecule has 0 bridgehead atoms. The lowest BCUT2D eigenvalue weighted by molar-refractivity contribution is 0.0959. The zero-order valence-corrected chi connectivity index (χ0v) is 11.1. The van der Waals surface area contributed by atoms with Crippen LogP contribution in [0.4, 0.5) is 0 Å². The van der Waals surface area contributed by atoms with Crippen molar-refractivity contribution in [2.75, 3.05) is 20.8 Å². The maximum atomic E-state index is 12.4. The van der Waals surface area contributed by atoms with Crippen LogP contribution in [0.1, 0.15) is 34.1 Å². The molecule has 2 rings (SSSR count). The minimum absolute atomic E-state index is 0.0171. The summed E-state index contributed by atoms with van der Waals surface area (Å²) in [6, 6.07) is 3.25. The fourth-order valence-electron chi connectivity index (χ4n) is 2.19. The van der Waals surface area contributed by atoms with Crippen LogP contribution in [0.5, 0.6) is 11.5 Å². The van der Waals surface area contributed by atoms with Crippen molar-refractivity contribution in [3.8, 4) is 11.5 Å². The molecule has 1 aliphatic carbocycles. The number of hydrogen-bond acceptors (Lipinski definition) is 5. The molecule has 1 aromatic carbocycles. The minimum Gasteiger partial charge on any atom is -0.496 e. The summed E-state index contributed by atoms with van der Waals surface area (Å²) in [5, 5.41) is 0. The number of hydrogen-bond donors (Lipinski definition) is 0. The van der Waals surface area contributed by atoms with Crippen LogP contribution in [0.25, 0.3) is 0 Å². The first kappa shape index (κ1) is 13.3. The van der Waals surface area contributed by atoms with Gasteiger partial charge in [-0.05, 0) is 19.1 Å². The topological polar surface area (TPSA) is 65.0 Å². The molecule has 0 radical (unpaired) electrons. The maximum absolute atomic E-state index is 12.4. The fourth-order valence-corrected chi connectivity index (χ4v) is 2.19. The maximum Gasteiger partial charge on any atom is 0.211 e. The summed E-state index contributed by atoms with van der Waals surface area (Å²) in [4.78, 5) is 28.7. The minimum atomic E-state index is -0.257. The number of Topliss-reactive ketones (excluding diaryl/α,β-unsaturated/α-hetero) is 2. The summed E-state index contributed by atoms with van der Waals surface area (Å²) in [6.45, 7) is 2.29. The molecule has 1 aliphatic rings. The lowest BCUT2D eigenvalue weighted by Crippen LogP contribution is -2.28. The van der Waals surface area contributed by atoms with Gasteiger partial charge in [0.1, 0.15) is 11.5 Å². The predicted molar refractivity (Wildman–Crippen MR) is 70.8 cm³/mol. The zero-order chi connectivity index (χ0) is 14.0. The van der Waals surface area contributed by atoms with Crippen LogP contribution in [0, 0.1) is 0 Å². The SMILES string of the molecule is CCN=C1CC(=O)c2c(OC)ccc(OC)c2C1=O. The normalized spacial score (nSPS) is 16.5. The van der Waals surface area contributed by atoms with Crippen molar-refractivity contribution in [3.63, 3.8) is 0 Å². The van der Waals surface area contributed by atoms with Gasteiger partial charge in [0.2, 0.25) is 5.78 Å². The predicted octanol–water partition coefficient (Wildman–Crippen LogP) is 1.93. The zero-order valence-electron chi connectivity index (χ0n) is 11.1. The third kappa shape index (κ3) is 2.12. The van der Waals surface area contributed by atoms with E-state index in [1.54, 1.807) is 12.1 Å². The van der Waals surface area contributed by atoms with E-state index in [9.17, 15) is 9.59 Å². The first-order valence-corrected chi connectivity index (χ1v) is 6.00. The van der Waals surface area contributed by atoms with Crippen LogP contribution in [-0.4, -0.2) is 38.0 Å². The first-order chi connectivity index (χ1) is 9.13. The van der Waals surface area contributed by atoms with Crippen molar-refractivity contribution in [3.05, 3.63) is 23.3 Å².